The van der Waals surface area contributed by atoms with Gasteiger partial charge in [0.05, 0.1) is 12.2 Å². The lowest BCUT2D eigenvalue weighted by molar-refractivity contribution is 0.0511. The lowest BCUT2D eigenvalue weighted by atomic mass is 10.2. The number of allylic oxidation sites excluding steroid dienone is 1. The number of carbonyl (C=O) groups excluding carboxylic acids is 1. The van der Waals surface area contributed by atoms with Crippen LogP contribution in [0.4, 0.5) is 0 Å². The van der Waals surface area contributed by atoms with E-state index in [4.69, 9.17) is 4.74 Å². The van der Waals surface area contributed by atoms with E-state index in [9.17, 15) is 4.79 Å². The Kier molecular flexibility index (Phi) is 6.98. The molecule has 0 atom stereocenters. The van der Waals surface area contributed by atoms with Gasteiger partial charge in [0.25, 0.3) is 0 Å². The summed E-state index contributed by atoms with van der Waals surface area (Å²) in [6, 6.07) is 9.08. The van der Waals surface area contributed by atoms with E-state index in [-0.39, 0.29) is 5.97 Å². The molecule has 0 aliphatic heterocycles. The first-order valence-corrected chi connectivity index (χ1v) is 8.14. The van der Waals surface area contributed by atoms with Crippen molar-refractivity contribution in [2.24, 2.45) is 0 Å². The summed E-state index contributed by atoms with van der Waals surface area (Å²) in [6.45, 7) is 2.53. The highest BCUT2D eigenvalue weighted by Gasteiger charge is 2.07. The topological polar surface area (TPSA) is 26.3 Å². The molecule has 4 heteroatoms. The molecular formula is C14H18O2S2. The minimum atomic E-state index is -0.252. The van der Waals surface area contributed by atoms with Gasteiger partial charge in [-0.05, 0) is 41.4 Å². The fourth-order valence-corrected chi connectivity index (χ4v) is 2.83. The van der Waals surface area contributed by atoms with Gasteiger partial charge in [-0.2, -0.15) is 0 Å². The predicted molar refractivity (Wildman–Crippen MR) is 81.1 cm³/mol. The van der Waals surface area contributed by atoms with E-state index in [0.717, 1.165) is 6.42 Å². The first-order chi connectivity index (χ1) is 8.69. The van der Waals surface area contributed by atoms with E-state index in [1.165, 1.54) is 9.81 Å². The monoisotopic (exact) mass is 282 g/mol. The van der Waals surface area contributed by atoms with Crippen LogP contribution in [0.25, 0.3) is 0 Å². The molecule has 0 saturated heterocycles. The van der Waals surface area contributed by atoms with Crippen molar-refractivity contribution in [1.29, 1.82) is 0 Å². The van der Waals surface area contributed by atoms with Gasteiger partial charge in [0.1, 0.15) is 0 Å². The van der Waals surface area contributed by atoms with Gasteiger partial charge >= 0.3 is 5.97 Å². The van der Waals surface area contributed by atoms with E-state index in [0.29, 0.717) is 12.2 Å². The summed E-state index contributed by atoms with van der Waals surface area (Å²) >= 11 is 3.45. The van der Waals surface area contributed by atoms with Crippen LogP contribution in [0.3, 0.4) is 0 Å². The van der Waals surface area contributed by atoms with E-state index in [1.807, 2.05) is 24.5 Å². The molecule has 0 saturated carbocycles. The molecular weight excluding hydrogens is 264 g/mol. The van der Waals surface area contributed by atoms with Crippen LogP contribution in [0, 0.1) is 0 Å². The molecule has 0 aliphatic carbocycles. The third-order valence-corrected chi connectivity index (χ3v) is 4.51. The van der Waals surface area contributed by atoms with Gasteiger partial charge < -0.3 is 4.74 Å². The van der Waals surface area contributed by atoms with Gasteiger partial charge in [-0.25, -0.2) is 4.79 Å². The predicted octanol–water partition coefficient (Wildman–Crippen LogP) is 4.19. The van der Waals surface area contributed by atoms with Crippen LogP contribution in [0.5, 0.6) is 0 Å². The summed E-state index contributed by atoms with van der Waals surface area (Å²) in [7, 11) is 0. The van der Waals surface area contributed by atoms with Gasteiger partial charge in [0.15, 0.2) is 0 Å². The van der Waals surface area contributed by atoms with Crippen LogP contribution < -0.4 is 0 Å². The standard InChI is InChI=1S/C14H18O2S2/c1-11(17-2)13(18-3)9-10-16-14(15)12-7-5-4-6-8-12/h4-8H,9-10H2,1-3H3/b13-11-. The Bertz CT molecular complexity index is 413. The van der Waals surface area contributed by atoms with Gasteiger partial charge in [-0.1, -0.05) is 18.2 Å². The molecule has 0 heterocycles. The fraction of sp³-hybridized carbons (Fsp3) is 0.357. The first kappa shape index (κ1) is 15.2. The van der Waals surface area contributed by atoms with Gasteiger partial charge in [-0.3, -0.25) is 0 Å². The number of thioether (sulfide) groups is 2. The summed E-state index contributed by atoms with van der Waals surface area (Å²) in [6.07, 6.45) is 4.89. The van der Waals surface area contributed by atoms with Crippen LogP contribution in [0.2, 0.25) is 0 Å². The van der Waals surface area contributed by atoms with Crippen LogP contribution in [-0.2, 0) is 4.74 Å². The van der Waals surface area contributed by atoms with Crippen LogP contribution in [0.15, 0.2) is 40.1 Å². The molecule has 0 bridgehead atoms. The van der Waals surface area contributed by atoms with Crippen molar-refractivity contribution in [1.82, 2.24) is 0 Å². The number of ether oxygens (including phenoxy) is 1. The van der Waals surface area contributed by atoms with Crippen LogP contribution in [-0.4, -0.2) is 25.1 Å². The molecule has 0 aliphatic rings. The molecule has 0 N–H and O–H groups in total. The molecule has 0 unspecified atom stereocenters. The molecule has 0 amide bonds. The number of esters is 1. The van der Waals surface area contributed by atoms with Crippen molar-refractivity contribution in [3.8, 4) is 0 Å². The zero-order valence-corrected chi connectivity index (χ0v) is 12.6. The maximum Gasteiger partial charge on any atom is 0.338 e. The van der Waals surface area contributed by atoms with E-state index < -0.39 is 0 Å². The number of carbonyl (C=O) groups is 1. The van der Waals surface area contributed by atoms with Gasteiger partial charge in [0.2, 0.25) is 0 Å². The molecule has 1 rings (SSSR count). The maximum atomic E-state index is 11.7. The quantitative estimate of drug-likeness (QED) is 0.731. The Morgan fingerprint density at radius 3 is 2.39 bits per heavy atom. The molecule has 2 nitrogen and oxygen atoms in total. The third kappa shape index (κ3) is 4.78. The second kappa shape index (κ2) is 8.27. The Hall–Kier alpha value is -0.870. The summed E-state index contributed by atoms with van der Waals surface area (Å²) < 4.78 is 5.26. The highest BCUT2D eigenvalue weighted by atomic mass is 32.2. The normalized spacial score (nSPS) is 11.9. The summed E-state index contributed by atoms with van der Waals surface area (Å²) in [5, 5.41) is 0. The summed E-state index contributed by atoms with van der Waals surface area (Å²) in [4.78, 5) is 14.3. The minimum absolute atomic E-state index is 0.252. The average molecular weight is 282 g/mol. The Morgan fingerprint density at radius 2 is 1.83 bits per heavy atom. The van der Waals surface area contributed by atoms with Crippen molar-refractivity contribution in [2.75, 3.05) is 19.1 Å². The zero-order chi connectivity index (χ0) is 13.4. The summed E-state index contributed by atoms with van der Waals surface area (Å²) in [5.41, 5.74) is 0.605. The smallest absolute Gasteiger partial charge is 0.338 e. The van der Waals surface area contributed by atoms with E-state index in [2.05, 4.69) is 13.2 Å². The minimum Gasteiger partial charge on any atom is -0.462 e. The lowest BCUT2D eigenvalue weighted by Crippen LogP contribution is -2.06. The van der Waals surface area contributed by atoms with E-state index in [1.54, 1.807) is 35.7 Å². The molecule has 0 radical (unpaired) electrons. The van der Waals surface area contributed by atoms with Gasteiger partial charge in [-0.15, -0.1) is 23.5 Å². The summed E-state index contributed by atoms with van der Waals surface area (Å²) in [5.74, 6) is -0.252. The number of benzene rings is 1. The second-order valence-electron chi connectivity index (χ2n) is 3.64. The molecule has 0 aromatic heterocycles. The molecule has 18 heavy (non-hydrogen) atoms. The van der Waals surface area contributed by atoms with Crippen LogP contribution in [0.1, 0.15) is 23.7 Å². The van der Waals surface area contributed by atoms with Crippen molar-refractivity contribution in [3.63, 3.8) is 0 Å². The highest BCUT2D eigenvalue weighted by molar-refractivity contribution is 8.06. The van der Waals surface area contributed by atoms with Crippen molar-refractivity contribution in [2.45, 2.75) is 13.3 Å². The Balaban J connectivity index is 2.45. The SMILES string of the molecule is CS/C(C)=C(/CCOC(=O)c1ccccc1)SC. The third-order valence-electron chi connectivity index (χ3n) is 2.52. The maximum absolute atomic E-state index is 11.7. The zero-order valence-electron chi connectivity index (χ0n) is 10.9. The molecule has 1 aromatic carbocycles. The highest BCUT2D eigenvalue weighted by Crippen LogP contribution is 2.26. The Labute approximate surface area is 117 Å². The largest absolute Gasteiger partial charge is 0.462 e. The molecule has 0 fully saturated rings. The Morgan fingerprint density at radius 1 is 1.17 bits per heavy atom. The average Bonchev–Trinajstić information content (AvgIpc) is 2.43. The van der Waals surface area contributed by atoms with Crippen molar-refractivity contribution >= 4 is 29.5 Å². The second-order valence-corrected chi connectivity index (χ2v) is 5.56. The first-order valence-electron chi connectivity index (χ1n) is 5.69. The molecule has 1 aromatic rings. The number of hydrogen-bond donors (Lipinski definition) is 0. The van der Waals surface area contributed by atoms with Crippen molar-refractivity contribution < 1.29 is 9.53 Å². The van der Waals surface area contributed by atoms with Gasteiger partial charge in [0, 0.05) is 6.42 Å². The van der Waals surface area contributed by atoms with E-state index >= 15 is 0 Å². The lowest BCUT2D eigenvalue weighted by Gasteiger charge is -2.09. The fourth-order valence-electron chi connectivity index (χ4n) is 1.43. The van der Waals surface area contributed by atoms with Crippen molar-refractivity contribution in [3.05, 3.63) is 45.7 Å². The van der Waals surface area contributed by atoms with Crippen LogP contribution >= 0.6 is 23.5 Å². The number of rotatable bonds is 6. The molecule has 98 valence electrons. The number of hydrogen-bond acceptors (Lipinski definition) is 4. The molecule has 0 spiro atoms.